The zero-order chi connectivity index (χ0) is 8.10. The van der Waals surface area contributed by atoms with Crippen molar-refractivity contribution in [1.82, 2.24) is 9.97 Å². The zero-order valence-corrected chi connectivity index (χ0v) is 9.38. The Morgan fingerprint density at radius 3 is 2.54 bits per heavy atom. The van der Waals surface area contributed by atoms with Gasteiger partial charge in [-0.3, -0.25) is 0 Å². The van der Waals surface area contributed by atoms with Gasteiger partial charge in [-0.25, -0.2) is 4.98 Å². The van der Waals surface area contributed by atoms with E-state index < -0.39 is 0 Å². The van der Waals surface area contributed by atoms with Crippen LogP contribution >= 0.6 is 24.8 Å². The summed E-state index contributed by atoms with van der Waals surface area (Å²) in [6.45, 7) is 2.83. The van der Waals surface area contributed by atoms with Crippen LogP contribution in [0.5, 0.6) is 0 Å². The zero-order valence-electron chi connectivity index (χ0n) is 7.75. The molecule has 0 unspecified atom stereocenters. The average Bonchev–Trinajstić information content (AvgIpc) is 2.37. The number of halogens is 2. The summed E-state index contributed by atoms with van der Waals surface area (Å²) in [4.78, 5) is 7.24. The van der Waals surface area contributed by atoms with Gasteiger partial charge in [-0.2, -0.15) is 0 Å². The lowest BCUT2D eigenvalue weighted by atomic mass is 10.2. The molecule has 0 saturated carbocycles. The Morgan fingerprint density at radius 2 is 2.08 bits per heavy atom. The number of H-pyrrole nitrogens is 1. The Kier molecular flexibility index (Phi) is 9.79. The summed E-state index contributed by atoms with van der Waals surface area (Å²) in [6, 6.07) is 0. The highest BCUT2D eigenvalue weighted by molar-refractivity contribution is 5.85. The number of aryl methyl sites for hydroxylation is 2. The van der Waals surface area contributed by atoms with Gasteiger partial charge in [0.25, 0.3) is 0 Å². The second-order valence-electron chi connectivity index (χ2n) is 2.72. The Hall–Kier alpha value is -0.250. The minimum Gasteiger partial charge on any atom is -0.348 e. The second-order valence-corrected chi connectivity index (χ2v) is 2.72. The molecule has 1 rings (SSSR count). The molecule has 1 aromatic heterocycles. The first-order valence-electron chi connectivity index (χ1n) is 4.03. The van der Waals surface area contributed by atoms with Crippen molar-refractivity contribution in [3.63, 3.8) is 0 Å². The Labute approximate surface area is 91.3 Å². The van der Waals surface area contributed by atoms with Crippen molar-refractivity contribution in [2.75, 3.05) is 6.54 Å². The maximum atomic E-state index is 5.38. The maximum absolute atomic E-state index is 5.38. The molecule has 13 heavy (non-hydrogen) atoms. The van der Waals surface area contributed by atoms with Gasteiger partial charge in [0.15, 0.2) is 0 Å². The van der Waals surface area contributed by atoms with Crippen LogP contribution in [-0.4, -0.2) is 16.5 Å². The molecule has 0 aliphatic carbocycles. The number of nitrogens with one attached hydrogen (secondary N) is 1. The fraction of sp³-hybridized carbons (Fsp3) is 0.625. The predicted octanol–water partition coefficient (Wildman–Crippen LogP) is 1.84. The molecule has 0 atom stereocenters. The van der Waals surface area contributed by atoms with Crippen molar-refractivity contribution in [3.05, 3.63) is 17.7 Å². The monoisotopic (exact) mass is 225 g/mol. The highest BCUT2D eigenvalue weighted by Crippen LogP contribution is 2.04. The van der Waals surface area contributed by atoms with Crippen LogP contribution in [0, 0.1) is 6.92 Å². The van der Waals surface area contributed by atoms with Crippen molar-refractivity contribution in [2.45, 2.75) is 26.2 Å². The summed E-state index contributed by atoms with van der Waals surface area (Å²) < 4.78 is 0. The van der Waals surface area contributed by atoms with E-state index in [0.717, 1.165) is 25.8 Å². The van der Waals surface area contributed by atoms with Gasteiger partial charge >= 0.3 is 0 Å². The fourth-order valence-corrected chi connectivity index (χ4v) is 1.08. The molecule has 0 amide bonds. The highest BCUT2D eigenvalue weighted by atomic mass is 35.5. The summed E-state index contributed by atoms with van der Waals surface area (Å²) in [5.74, 6) is 0. The van der Waals surface area contributed by atoms with Crippen LogP contribution in [0.4, 0.5) is 0 Å². The molecule has 3 nitrogen and oxygen atoms in total. The summed E-state index contributed by atoms with van der Waals surface area (Å²) in [5, 5.41) is 0. The summed E-state index contributed by atoms with van der Waals surface area (Å²) >= 11 is 0. The number of hydrogen-bond acceptors (Lipinski definition) is 2. The number of imidazole rings is 1. The molecule has 5 heteroatoms. The van der Waals surface area contributed by atoms with Crippen LogP contribution in [0.2, 0.25) is 0 Å². The second kappa shape index (κ2) is 8.35. The third-order valence-corrected chi connectivity index (χ3v) is 1.80. The fourth-order valence-electron chi connectivity index (χ4n) is 1.08. The van der Waals surface area contributed by atoms with E-state index in [4.69, 9.17) is 5.73 Å². The number of hydrogen-bond donors (Lipinski definition) is 2. The van der Waals surface area contributed by atoms with E-state index >= 15 is 0 Å². The lowest BCUT2D eigenvalue weighted by Crippen LogP contribution is -1.99. The van der Waals surface area contributed by atoms with Crippen LogP contribution in [0.25, 0.3) is 0 Å². The van der Waals surface area contributed by atoms with Crippen molar-refractivity contribution in [1.29, 1.82) is 0 Å². The third kappa shape index (κ3) is 5.13. The largest absolute Gasteiger partial charge is 0.348 e. The number of nitrogens with zero attached hydrogens (tertiary/aromatic N) is 1. The van der Waals surface area contributed by atoms with Gasteiger partial charge in [-0.15, -0.1) is 24.8 Å². The molecule has 0 fully saturated rings. The molecule has 3 N–H and O–H groups in total. The maximum Gasteiger partial charge on any atom is 0.0925 e. The van der Waals surface area contributed by atoms with Gasteiger partial charge in [0.05, 0.1) is 12.0 Å². The van der Waals surface area contributed by atoms with E-state index in [2.05, 4.69) is 9.97 Å². The van der Waals surface area contributed by atoms with E-state index in [1.807, 2.05) is 6.92 Å². The van der Waals surface area contributed by atoms with E-state index in [9.17, 15) is 0 Å². The Morgan fingerprint density at radius 1 is 1.38 bits per heavy atom. The quantitative estimate of drug-likeness (QED) is 0.769. The molecule has 0 spiro atoms. The summed E-state index contributed by atoms with van der Waals surface area (Å²) in [5.41, 5.74) is 7.74. The van der Waals surface area contributed by atoms with Crippen LogP contribution in [0.3, 0.4) is 0 Å². The minimum atomic E-state index is 0. The summed E-state index contributed by atoms with van der Waals surface area (Å²) in [7, 11) is 0. The SMILES string of the molecule is Cc1[nH]cnc1CCCCN.Cl.Cl. The number of rotatable bonds is 4. The lowest BCUT2D eigenvalue weighted by molar-refractivity contribution is 0.732. The van der Waals surface area contributed by atoms with Gasteiger partial charge in [0.2, 0.25) is 0 Å². The van der Waals surface area contributed by atoms with Gasteiger partial charge in [0, 0.05) is 5.69 Å². The Bertz CT molecular complexity index is 213. The standard InChI is InChI=1S/C8H15N3.2ClH/c1-7-8(11-6-10-7)4-2-3-5-9;;/h6H,2-5,9H2,1H3,(H,10,11);2*1H. The normalized spacial score (nSPS) is 8.77. The number of aromatic amines is 1. The molecule has 78 valence electrons. The van der Waals surface area contributed by atoms with E-state index in [1.165, 1.54) is 11.4 Å². The first kappa shape index (κ1) is 15.2. The molecular formula is C8H17Cl2N3. The van der Waals surface area contributed by atoms with Gasteiger partial charge < -0.3 is 10.7 Å². The molecule has 0 aliphatic rings. The van der Waals surface area contributed by atoms with Crippen molar-refractivity contribution in [2.24, 2.45) is 5.73 Å². The molecule has 0 aliphatic heterocycles. The number of aromatic nitrogens is 2. The van der Waals surface area contributed by atoms with Crippen molar-refractivity contribution < 1.29 is 0 Å². The smallest absolute Gasteiger partial charge is 0.0925 e. The van der Waals surface area contributed by atoms with E-state index in [0.29, 0.717) is 0 Å². The Balaban J connectivity index is 0. The first-order valence-corrected chi connectivity index (χ1v) is 4.03. The first-order chi connectivity index (χ1) is 5.34. The molecule has 1 aromatic rings. The minimum absolute atomic E-state index is 0. The molecule has 0 bridgehead atoms. The molecule has 0 saturated heterocycles. The van der Waals surface area contributed by atoms with Crippen LogP contribution in [0.15, 0.2) is 6.33 Å². The number of unbranched alkanes of at least 4 members (excludes halogenated alkanes) is 1. The molecule has 0 aromatic carbocycles. The highest BCUT2D eigenvalue weighted by Gasteiger charge is 1.98. The molecular weight excluding hydrogens is 209 g/mol. The van der Waals surface area contributed by atoms with Crippen LogP contribution in [0.1, 0.15) is 24.2 Å². The predicted molar refractivity (Wildman–Crippen MR) is 59.8 cm³/mol. The molecule has 1 heterocycles. The van der Waals surface area contributed by atoms with E-state index in [-0.39, 0.29) is 24.8 Å². The van der Waals surface area contributed by atoms with Crippen molar-refractivity contribution >= 4 is 24.8 Å². The lowest BCUT2D eigenvalue weighted by Gasteiger charge is -1.96. The van der Waals surface area contributed by atoms with E-state index in [1.54, 1.807) is 6.33 Å². The van der Waals surface area contributed by atoms with Gasteiger partial charge in [0.1, 0.15) is 0 Å². The van der Waals surface area contributed by atoms with Gasteiger partial charge in [-0.1, -0.05) is 0 Å². The average molecular weight is 226 g/mol. The van der Waals surface area contributed by atoms with Crippen LogP contribution < -0.4 is 5.73 Å². The molecule has 0 radical (unpaired) electrons. The third-order valence-electron chi connectivity index (χ3n) is 1.80. The topological polar surface area (TPSA) is 54.7 Å². The summed E-state index contributed by atoms with van der Waals surface area (Å²) in [6.07, 6.45) is 5.02. The van der Waals surface area contributed by atoms with Crippen LogP contribution in [-0.2, 0) is 6.42 Å². The van der Waals surface area contributed by atoms with Crippen molar-refractivity contribution in [3.8, 4) is 0 Å². The van der Waals surface area contributed by atoms with Gasteiger partial charge in [-0.05, 0) is 32.7 Å². The number of nitrogens with two attached hydrogens (primary N) is 1.